The molecule has 0 aromatic heterocycles. The van der Waals surface area contributed by atoms with Crippen molar-refractivity contribution in [2.75, 3.05) is 26.2 Å². The van der Waals surface area contributed by atoms with Crippen LogP contribution in [0.5, 0.6) is 0 Å². The summed E-state index contributed by atoms with van der Waals surface area (Å²) in [7, 11) is 0. The van der Waals surface area contributed by atoms with Crippen molar-refractivity contribution in [1.29, 1.82) is 0 Å². The molecule has 0 aromatic carbocycles. The Balaban J connectivity index is 0. The van der Waals surface area contributed by atoms with Crippen molar-refractivity contribution >= 4 is 65.2 Å². The maximum atomic E-state index is 13.4. The third-order valence-electron chi connectivity index (χ3n) is 9.70. The van der Waals surface area contributed by atoms with Gasteiger partial charge >= 0.3 is 53.4 Å². The van der Waals surface area contributed by atoms with Gasteiger partial charge in [-0.1, -0.05) is 129 Å². The molecule has 0 rings (SSSR count). The van der Waals surface area contributed by atoms with Crippen molar-refractivity contribution in [3.05, 3.63) is 0 Å². The standard InChI is InChI=1S/C39H70N2O13.Na.H/c1-3-5-7-9-11-13-15-17-19-21-23-40(32(43)25-38(53,36(49)50)27-34(45)46)29-31(42)30-41(24-22-20-18-16-14-12-10-8-6-4-2)33(44)26-39(54,37(51)52)28-35(47)48;;/h31,42,53-54H,3-30H2,1-2H3,(H,45,46)(H,47,48)(H,49,50)(H,51,52);;. The van der Waals surface area contributed by atoms with Crippen LogP contribution in [-0.2, 0) is 28.8 Å². The van der Waals surface area contributed by atoms with Crippen LogP contribution < -0.4 is 0 Å². The summed E-state index contributed by atoms with van der Waals surface area (Å²) in [4.78, 5) is 75.2. The fourth-order valence-corrected chi connectivity index (χ4v) is 6.43. The second kappa shape index (κ2) is 31.7. The molecule has 316 valence electrons. The number of rotatable bonds is 36. The molecule has 7 N–H and O–H groups in total. The third kappa shape index (κ3) is 26.3. The van der Waals surface area contributed by atoms with Crippen LogP contribution in [0.2, 0.25) is 0 Å². The van der Waals surface area contributed by atoms with Gasteiger partial charge in [0.2, 0.25) is 11.8 Å². The van der Waals surface area contributed by atoms with Crippen LogP contribution in [0.25, 0.3) is 0 Å². The zero-order chi connectivity index (χ0) is 41.0. The SMILES string of the molecule is CCCCCCCCCCCCN(CC(O)CN(CCCCCCCCCCCC)C(=O)CC(O)(CC(=O)O)C(=O)O)C(=O)CC(O)(CC(=O)O)C(=O)O.[NaH]. The number of nitrogens with zero attached hydrogens (tertiary/aromatic N) is 2. The molecule has 0 aliphatic heterocycles. The van der Waals surface area contributed by atoms with Crippen LogP contribution in [0.4, 0.5) is 0 Å². The Morgan fingerprint density at radius 3 is 0.945 bits per heavy atom. The number of carboxylic acids is 4. The molecule has 0 saturated heterocycles. The molecule has 0 aromatic rings. The third-order valence-corrected chi connectivity index (χ3v) is 9.70. The van der Waals surface area contributed by atoms with Gasteiger partial charge in [0, 0.05) is 26.2 Å². The summed E-state index contributed by atoms with van der Waals surface area (Å²) in [5.74, 6) is -8.86. The van der Waals surface area contributed by atoms with Crippen molar-refractivity contribution in [2.24, 2.45) is 0 Å². The van der Waals surface area contributed by atoms with E-state index in [9.17, 15) is 64.5 Å². The molecule has 0 aliphatic rings. The molecular formula is C39H71N2NaO13. The van der Waals surface area contributed by atoms with E-state index in [4.69, 9.17) is 0 Å². The monoisotopic (exact) mass is 798 g/mol. The van der Waals surface area contributed by atoms with Gasteiger partial charge < -0.3 is 45.5 Å². The summed E-state index contributed by atoms with van der Waals surface area (Å²) in [6, 6.07) is 0. The number of carboxylic acid groups (broad SMARTS) is 4. The van der Waals surface area contributed by atoms with Crippen LogP contribution in [-0.4, -0.2) is 154 Å². The molecule has 0 aliphatic carbocycles. The van der Waals surface area contributed by atoms with Gasteiger partial charge in [-0.05, 0) is 12.8 Å². The van der Waals surface area contributed by atoms with Gasteiger partial charge in [-0.3, -0.25) is 19.2 Å². The topological polar surface area (TPSA) is 251 Å². The number of carbonyl (C=O) groups excluding carboxylic acids is 2. The molecule has 15 nitrogen and oxygen atoms in total. The van der Waals surface area contributed by atoms with E-state index in [1.807, 2.05) is 0 Å². The van der Waals surface area contributed by atoms with Gasteiger partial charge in [-0.15, -0.1) is 0 Å². The first kappa shape index (κ1) is 54.8. The predicted octanol–water partition coefficient (Wildman–Crippen LogP) is 4.56. The van der Waals surface area contributed by atoms with Crippen LogP contribution in [0.3, 0.4) is 0 Å². The Labute approximate surface area is 349 Å². The number of hydrogen-bond acceptors (Lipinski definition) is 9. The fraction of sp³-hybridized carbons (Fsp3) is 0.846. The second-order valence-electron chi connectivity index (χ2n) is 14.9. The Morgan fingerprint density at radius 1 is 0.455 bits per heavy atom. The van der Waals surface area contributed by atoms with Crippen LogP contribution in [0.15, 0.2) is 0 Å². The molecular weight excluding hydrogens is 727 g/mol. The molecule has 55 heavy (non-hydrogen) atoms. The predicted molar refractivity (Wildman–Crippen MR) is 209 cm³/mol. The summed E-state index contributed by atoms with van der Waals surface area (Å²) in [5.41, 5.74) is -5.79. The zero-order valence-electron chi connectivity index (χ0n) is 32.9. The van der Waals surface area contributed by atoms with Crippen LogP contribution in [0, 0.1) is 0 Å². The summed E-state index contributed by atoms with van der Waals surface area (Å²) >= 11 is 0. The van der Waals surface area contributed by atoms with Gasteiger partial charge in [0.15, 0.2) is 11.2 Å². The van der Waals surface area contributed by atoms with E-state index in [1.165, 1.54) is 51.4 Å². The van der Waals surface area contributed by atoms with E-state index in [1.54, 1.807) is 0 Å². The summed E-state index contributed by atoms with van der Waals surface area (Å²) in [6.07, 6.45) is 13.9. The normalized spacial score (nSPS) is 13.8. The first-order chi connectivity index (χ1) is 25.5. The van der Waals surface area contributed by atoms with E-state index in [0.717, 1.165) is 61.2 Å². The molecule has 0 heterocycles. The number of unbranched alkanes of at least 4 members (excludes halogenated alkanes) is 18. The summed E-state index contributed by atoms with van der Waals surface area (Å²) in [5, 5.41) is 69.7. The molecule has 2 atom stereocenters. The van der Waals surface area contributed by atoms with Gasteiger partial charge in [-0.25, -0.2) is 9.59 Å². The molecule has 2 unspecified atom stereocenters. The van der Waals surface area contributed by atoms with Crippen LogP contribution >= 0.6 is 0 Å². The van der Waals surface area contributed by atoms with E-state index >= 15 is 0 Å². The number of aliphatic hydroxyl groups is 3. The maximum absolute atomic E-state index is 13.4. The van der Waals surface area contributed by atoms with Crippen molar-refractivity contribution < 1.29 is 64.5 Å². The minimum atomic E-state index is -2.90. The average molecular weight is 799 g/mol. The zero-order valence-corrected chi connectivity index (χ0v) is 32.9. The fourth-order valence-electron chi connectivity index (χ4n) is 6.43. The number of aliphatic carboxylic acids is 4. The van der Waals surface area contributed by atoms with Gasteiger partial charge in [0.05, 0.1) is 31.8 Å². The molecule has 0 saturated carbocycles. The van der Waals surface area contributed by atoms with Gasteiger partial charge in [-0.2, -0.15) is 0 Å². The van der Waals surface area contributed by atoms with E-state index < -0.39 is 91.8 Å². The van der Waals surface area contributed by atoms with E-state index in [2.05, 4.69) is 13.8 Å². The first-order valence-corrected chi connectivity index (χ1v) is 20.1. The molecule has 0 radical (unpaired) electrons. The van der Waals surface area contributed by atoms with Crippen LogP contribution in [0.1, 0.15) is 168 Å². The van der Waals surface area contributed by atoms with Crippen molar-refractivity contribution in [3.63, 3.8) is 0 Å². The number of aliphatic hydroxyl groups excluding tert-OH is 1. The molecule has 0 spiro atoms. The first-order valence-electron chi connectivity index (χ1n) is 20.1. The van der Waals surface area contributed by atoms with E-state index in [0.29, 0.717) is 25.7 Å². The number of carbonyl (C=O) groups is 6. The Hall–Kier alpha value is -2.30. The summed E-state index contributed by atoms with van der Waals surface area (Å²) in [6.45, 7) is 3.59. The Kier molecular flexibility index (Phi) is 31.6. The molecule has 2 amide bonds. The Bertz CT molecular complexity index is 1040. The van der Waals surface area contributed by atoms with Crippen molar-refractivity contribution in [3.8, 4) is 0 Å². The molecule has 16 heteroatoms. The van der Waals surface area contributed by atoms with Gasteiger partial charge in [0.1, 0.15) is 0 Å². The molecule has 0 fully saturated rings. The number of hydrogen-bond donors (Lipinski definition) is 7. The van der Waals surface area contributed by atoms with Crippen molar-refractivity contribution in [2.45, 2.75) is 185 Å². The quantitative estimate of drug-likeness (QED) is 0.0340. The summed E-state index contributed by atoms with van der Waals surface area (Å²) < 4.78 is 0. The van der Waals surface area contributed by atoms with Gasteiger partial charge in [0.25, 0.3) is 0 Å². The molecule has 0 bridgehead atoms. The Morgan fingerprint density at radius 2 is 0.709 bits per heavy atom. The van der Waals surface area contributed by atoms with Crippen molar-refractivity contribution in [1.82, 2.24) is 9.80 Å². The minimum absolute atomic E-state index is 0. The second-order valence-corrected chi connectivity index (χ2v) is 14.9. The average Bonchev–Trinajstić information content (AvgIpc) is 3.07. The van der Waals surface area contributed by atoms with E-state index in [-0.39, 0.29) is 42.6 Å². The number of amides is 2.